The summed E-state index contributed by atoms with van der Waals surface area (Å²) in [5.41, 5.74) is 0.941. The summed E-state index contributed by atoms with van der Waals surface area (Å²) in [6.07, 6.45) is -0.900. The first-order valence-corrected chi connectivity index (χ1v) is 19.3. The average molecular weight is 692 g/mol. The molecule has 12 heteroatoms. The van der Waals surface area contributed by atoms with Gasteiger partial charge in [-0.25, -0.2) is 4.98 Å². The van der Waals surface area contributed by atoms with Gasteiger partial charge in [-0.15, -0.1) is 0 Å². The molecule has 0 aliphatic heterocycles. The van der Waals surface area contributed by atoms with Crippen molar-refractivity contribution in [2.24, 2.45) is 0 Å². The lowest BCUT2D eigenvalue weighted by atomic mass is 9.76. The van der Waals surface area contributed by atoms with Crippen LogP contribution in [0.5, 0.6) is 11.6 Å². The first-order valence-electron chi connectivity index (χ1n) is 16.0. The standard InChI is InChI=1S/C35H45ClF3N3O4Si/c1-24(35(37,38)39)42(20-21-46-47(5,6)33(2,3)4)32(44)29-30(45-23-25-12-8-7-9-13-25)31(43)41-28(40-29)22-34(18-10-11-19-34)26-14-16-27(36)17-15-26/h7-9,12-17,24H,10-11,18-23H2,1-6H3,(H,40,41,43). The summed E-state index contributed by atoms with van der Waals surface area (Å²) in [5.74, 6) is -1.84. The van der Waals surface area contributed by atoms with E-state index in [0.29, 0.717) is 9.92 Å². The third kappa shape index (κ3) is 8.86. The maximum absolute atomic E-state index is 14.2. The molecule has 1 aliphatic carbocycles. The maximum atomic E-state index is 14.2. The van der Waals surface area contributed by atoms with Gasteiger partial charge in [0.1, 0.15) is 18.5 Å². The van der Waals surface area contributed by atoms with Crippen LogP contribution in [0.1, 0.15) is 80.8 Å². The van der Waals surface area contributed by atoms with Crippen LogP contribution in [0.4, 0.5) is 13.2 Å². The number of aromatic nitrogens is 2. The van der Waals surface area contributed by atoms with Gasteiger partial charge in [-0.05, 0) is 61.2 Å². The zero-order valence-corrected chi connectivity index (χ0v) is 29.7. The number of benzene rings is 2. The highest BCUT2D eigenvalue weighted by atomic mass is 35.5. The summed E-state index contributed by atoms with van der Waals surface area (Å²) < 4.78 is 54.8. The van der Waals surface area contributed by atoms with Gasteiger partial charge in [-0.3, -0.25) is 4.79 Å². The van der Waals surface area contributed by atoms with Crippen molar-refractivity contribution in [3.8, 4) is 11.6 Å². The molecule has 1 saturated carbocycles. The van der Waals surface area contributed by atoms with Gasteiger partial charge in [0.25, 0.3) is 11.8 Å². The summed E-state index contributed by atoms with van der Waals surface area (Å²) in [4.78, 5) is 23.8. The molecule has 0 bridgehead atoms. The molecule has 1 aliphatic rings. The number of ether oxygens (including phenoxy) is 1. The molecule has 0 spiro atoms. The van der Waals surface area contributed by atoms with Crippen LogP contribution in [0, 0.1) is 0 Å². The van der Waals surface area contributed by atoms with Crippen molar-refractivity contribution in [2.45, 2.75) is 102 Å². The van der Waals surface area contributed by atoms with E-state index in [9.17, 15) is 23.1 Å². The number of amides is 1. The Hall–Kier alpha value is -3.15. The van der Waals surface area contributed by atoms with Gasteiger partial charge in [-0.2, -0.15) is 18.2 Å². The lowest BCUT2D eigenvalue weighted by Crippen LogP contribution is -2.50. The van der Waals surface area contributed by atoms with Crippen LogP contribution in [0.15, 0.2) is 54.6 Å². The second-order valence-electron chi connectivity index (χ2n) is 13.9. The number of rotatable bonds is 12. The highest BCUT2D eigenvalue weighted by molar-refractivity contribution is 6.74. The number of halogens is 4. The molecule has 1 amide bonds. The van der Waals surface area contributed by atoms with Crippen molar-refractivity contribution in [2.75, 3.05) is 13.2 Å². The van der Waals surface area contributed by atoms with Crippen molar-refractivity contribution in [1.29, 1.82) is 0 Å². The van der Waals surface area contributed by atoms with Crippen molar-refractivity contribution < 1.29 is 32.2 Å². The predicted molar refractivity (Wildman–Crippen MR) is 179 cm³/mol. The predicted octanol–water partition coefficient (Wildman–Crippen LogP) is 8.88. The Morgan fingerprint density at radius 2 is 1.66 bits per heavy atom. The molecular weight excluding hydrogens is 647 g/mol. The fourth-order valence-corrected chi connectivity index (χ4v) is 6.86. The lowest BCUT2D eigenvalue weighted by molar-refractivity contribution is -0.172. The van der Waals surface area contributed by atoms with Crippen LogP contribution in [0.3, 0.4) is 0 Å². The van der Waals surface area contributed by atoms with Gasteiger partial charge in [0.15, 0.2) is 14.0 Å². The monoisotopic (exact) mass is 691 g/mol. The Kier molecular flexibility index (Phi) is 11.3. The van der Waals surface area contributed by atoms with Crippen LogP contribution in [-0.4, -0.2) is 59.6 Å². The van der Waals surface area contributed by atoms with E-state index in [1.54, 1.807) is 24.3 Å². The number of hydrogen-bond donors (Lipinski definition) is 1. The maximum Gasteiger partial charge on any atom is 0.408 e. The Bertz CT molecular complexity index is 1510. The van der Waals surface area contributed by atoms with Gasteiger partial charge in [-0.1, -0.05) is 87.7 Å². The van der Waals surface area contributed by atoms with Gasteiger partial charge in [0, 0.05) is 23.4 Å². The van der Waals surface area contributed by atoms with Crippen molar-refractivity contribution in [3.63, 3.8) is 0 Å². The summed E-state index contributed by atoms with van der Waals surface area (Å²) in [6.45, 7) is 10.5. The molecule has 47 heavy (non-hydrogen) atoms. The van der Waals surface area contributed by atoms with Gasteiger partial charge >= 0.3 is 6.18 Å². The molecule has 1 atom stereocenters. The van der Waals surface area contributed by atoms with Crippen LogP contribution < -0.4 is 4.74 Å². The Labute approximate surface area is 281 Å². The van der Waals surface area contributed by atoms with E-state index in [2.05, 4.69) is 9.97 Å². The summed E-state index contributed by atoms with van der Waals surface area (Å²) in [5, 5.41) is 11.6. The normalized spacial score (nSPS) is 15.8. The van der Waals surface area contributed by atoms with E-state index >= 15 is 0 Å². The smallest absolute Gasteiger partial charge is 0.408 e. The molecule has 0 radical (unpaired) electrons. The van der Waals surface area contributed by atoms with E-state index in [1.807, 2.05) is 64.2 Å². The van der Waals surface area contributed by atoms with Crippen LogP contribution in [-0.2, 0) is 22.9 Å². The number of aromatic hydroxyl groups is 1. The van der Waals surface area contributed by atoms with E-state index in [-0.39, 0.29) is 48.2 Å². The minimum Gasteiger partial charge on any atom is -0.491 e. The lowest BCUT2D eigenvalue weighted by Gasteiger charge is -2.37. The van der Waals surface area contributed by atoms with Gasteiger partial charge < -0.3 is 19.2 Å². The second kappa shape index (κ2) is 14.5. The number of carbonyl (C=O) groups is 1. The molecule has 4 rings (SSSR count). The van der Waals surface area contributed by atoms with Crippen LogP contribution in [0.2, 0.25) is 23.2 Å². The highest BCUT2D eigenvalue weighted by Crippen LogP contribution is 2.44. The topological polar surface area (TPSA) is 84.8 Å². The number of hydrogen-bond acceptors (Lipinski definition) is 6. The third-order valence-electron chi connectivity index (χ3n) is 9.64. The molecule has 3 aromatic rings. The first-order chi connectivity index (χ1) is 21.9. The minimum absolute atomic E-state index is 0.0601. The molecule has 1 N–H and O–H groups in total. The fourth-order valence-electron chi connectivity index (χ4n) is 5.70. The largest absolute Gasteiger partial charge is 0.491 e. The zero-order valence-electron chi connectivity index (χ0n) is 28.0. The van der Waals surface area contributed by atoms with Crippen LogP contribution in [0.25, 0.3) is 0 Å². The molecule has 1 aromatic heterocycles. The number of alkyl halides is 3. The molecule has 0 saturated heterocycles. The first kappa shape index (κ1) is 36.7. The third-order valence-corrected chi connectivity index (χ3v) is 14.4. The number of carbonyl (C=O) groups excluding carboxylic acids is 1. The van der Waals surface area contributed by atoms with Gasteiger partial charge in [0.05, 0.1) is 6.61 Å². The Balaban J connectivity index is 1.75. The minimum atomic E-state index is -4.72. The fraction of sp³-hybridized carbons (Fsp3) is 0.514. The molecule has 256 valence electrons. The Morgan fingerprint density at radius 3 is 2.23 bits per heavy atom. The molecule has 7 nitrogen and oxygen atoms in total. The van der Waals surface area contributed by atoms with E-state index in [1.165, 1.54) is 0 Å². The van der Waals surface area contributed by atoms with E-state index in [4.69, 9.17) is 20.8 Å². The SMILES string of the molecule is CC(N(CCO[Si](C)(C)C(C)(C)C)C(=O)c1nc(CC2(c3ccc(Cl)cc3)CCCC2)nc(O)c1OCc1ccccc1)C(F)(F)F. The summed E-state index contributed by atoms with van der Waals surface area (Å²) >= 11 is 6.16. The van der Waals surface area contributed by atoms with E-state index in [0.717, 1.165) is 43.7 Å². The average Bonchev–Trinajstić information content (AvgIpc) is 3.47. The highest BCUT2D eigenvalue weighted by Gasteiger charge is 2.45. The molecule has 1 heterocycles. The summed E-state index contributed by atoms with van der Waals surface area (Å²) in [7, 11) is -2.33. The van der Waals surface area contributed by atoms with E-state index < -0.39 is 38.0 Å². The second-order valence-corrected chi connectivity index (χ2v) is 19.2. The molecular formula is C35H45ClF3N3O4Si. The quantitative estimate of drug-likeness (QED) is 0.191. The Morgan fingerprint density at radius 1 is 1.04 bits per heavy atom. The van der Waals surface area contributed by atoms with Gasteiger partial charge in [0.2, 0.25) is 5.75 Å². The number of nitrogens with zero attached hydrogens (tertiary/aromatic N) is 3. The summed E-state index contributed by atoms with van der Waals surface area (Å²) in [6, 6.07) is 14.4. The zero-order chi connectivity index (χ0) is 34.6. The van der Waals surface area contributed by atoms with Crippen molar-refractivity contribution in [1.82, 2.24) is 14.9 Å². The van der Waals surface area contributed by atoms with Crippen molar-refractivity contribution in [3.05, 3.63) is 82.3 Å². The van der Waals surface area contributed by atoms with Crippen LogP contribution >= 0.6 is 11.6 Å². The molecule has 2 aromatic carbocycles. The molecule has 1 unspecified atom stereocenters. The van der Waals surface area contributed by atoms with Crippen molar-refractivity contribution >= 4 is 25.8 Å². The molecule has 1 fully saturated rings.